The Hall–Kier alpha value is -2.68. The van der Waals surface area contributed by atoms with Crippen LogP contribution in [0.15, 0.2) is 42.7 Å². The molecule has 34 heavy (non-hydrogen) atoms. The summed E-state index contributed by atoms with van der Waals surface area (Å²) in [6, 6.07) is 10.7. The van der Waals surface area contributed by atoms with E-state index in [2.05, 4.69) is 37.7 Å². The Morgan fingerprint density at radius 3 is 2.74 bits per heavy atom. The van der Waals surface area contributed by atoms with E-state index in [1.807, 2.05) is 34.9 Å². The fourth-order valence-electron chi connectivity index (χ4n) is 3.82. The first-order valence-electron chi connectivity index (χ1n) is 11.9. The summed E-state index contributed by atoms with van der Waals surface area (Å²) in [7, 11) is -1.13. The predicted octanol–water partition coefficient (Wildman–Crippen LogP) is 5.44. The van der Waals surface area contributed by atoms with E-state index < -0.39 is 8.07 Å². The fourth-order valence-corrected chi connectivity index (χ4v) is 4.58. The first-order valence-corrected chi connectivity index (χ1v) is 15.6. The van der Waals surface area contributed by atoms with Gasteiger partial charge in [0.25, 0.3) is 0 Å². The number of nitrogens with two attached hydrogens (primary N) is 1. The van der Waals surface area contributed by atoms with Crippen molar-refractivity contribution in [3.05, 3.63) is 53.9 Å². The average Bonchev–Trinajstić information content (AvgIpc) is 3.11. The van der Waals surface area contributed by atoms with Gasteiger partial charge in [-0.05, 0) is 55.8 Å². The minimum absolute atomic E-state index is 0.129. The zero-order chi connectivity index (χ0) is 24.7. The van der Waals surface area contributed by atoms with E-state index in [1.54, 1.807) is 13.1 Å². The SMILES string of the molecule is CCOC(=O)CC(CN)c1cccc(Oc2ccnc3c2c(C)cn3COCC[Si](C)(C)C)c1. The molecular formula is C26H37N3O4Si. The molecule has 8 heteroatoms. The van der Waals surface area contributed by atoms with Gasteiger partial charge in [-0.2, -0.15) is 0 Å². The zero-order valence-corrected chi connectivity index (χ0v) is 22.0. The minimum Gasteiger partial charge on any atom is -0.466 e. The molecule has 0 aliphatic carbocycles. The number of hydrogen-bond donors (Lipinski definition) is 1. The van der Waals surface area contributed by atoms with Crippen LogP contribution >= 0.6 is 0 Å². The number of aryl methyl sites for hydroxylation is 1. The molecule has 7 nitrogen and oxygen atoms in total. The molecule has 0 saturated heterocycles. The van der Waals surface area contributed by atoms with Gasteiger partial charge in [-0.1, -0.05) is 31.8 Å². The highest BCUT2D eigenvalue weighted by Gasteiger charge is 2.18. The number of ether oxygens (including phenoxy) is 3. The first kappa shape index (κ1) is 25.9. The Kier molecular flexibility index (Phi) is 8.88. The summed E-state index contributed by atoms with van der Waals surface area (Å²) >= 11 is 0. The summed E-state index contributed by atoms with van der Waals surface area (Å²) in [6.45, 7) is 12.8. The lowest BCUT2D eigenvalue weighted by Gasteiger charge is -2.16. The lowest BCUT2D eigenvalue weighted by molar-refractivity contribution is -0.143. The molecule has 0 aliphatic heterocycles. The summed E-state index contributed by atoms with van der Waals surface area (Å²) in [5.41, 5.74) is 8.81. The number of nitrogens with zero attached hydrogens (tertiary/aromatic N) is 2. The average molecular weight is 484 g/mol. The number of rotatable bonds is 12. The largest absolute Gasteiger partial charge is 0.466 e. The Morgan fingerprint density at radius 2 is 2.03 bits per heavy atom. The van der Waals surface area contributed by atoms with Gasteiger partial charge in [-0.3, -0.25) is 4.79 Å². The van der Waals surface area contributed by atoms with Crippen LogP contribution in [0.3, 0.4) is 0 Å². The van der Waals surface area contributed by atoms with Crippen molar-refractivity contribution in [2.45, 2.75) is 58.6 Å². The van der Waals surface area contributed by atoms with E-state index in [0.717, 1.165) is 40.6 Å². The van der Waals surface area contributed by atoms with E-state index in [0.29, 0.717) is 25.6 Å². The van der Waals surface area contributed by atoms with Crippen molar-refractivity contribution in [2.24, 2.45) is 5.73 Å². The molecule has 0 amide bonds. The number of benzene rings is 1. The molecular weight excluding hydrogens is 446 g/mol. The van der Waals surface area contributed by atoms with Crippen molar-refractivity contribution >= 4 is 25.1 Å². The van der Waals surface area contributed by atoms with Crippen LogP contribution in [0.5, 0.6) is 11.5 Å². The summed E-state index contributed by atoms with van der Waals surface area (Å²) in [6.07, 6.45) is 4.05. The monoisotopic (exact) mass is 483 g/mol. The molecule has 1 atom stereocenters. The number of carbonyl (C=O) groups is 1. The topological polar surface area (TPSA) is 88.6 Å². The molecule has 1 aromatic carbocycles. The maximum atomic E-state index is 12.0. The second-order valence-corrected chi connectivity index (χ2v) is 15.4. The number of esters is 1. The Balaban J connectivity index is 1.78. The number of fused-ring (bicyclic) bond motifs is 1. The van der Waals surface area contributed by atoms with Crippen LogP contribution in [0, 0.1) is 6.92 Å². The molecule has 0 spiro atoms. The maximum absolute atomic E-state index is 12.0. The lowest BCUT2D eigenvalue weighted by atomic mass is 9.96. The van der Waals surface area contributed by atoms with Crippen molar-refractivity contribution in [1.82, 2.24) is 9.55 Å². The van der Waals surface area contributed by atoms with Gasteiger partial charge < -0.3 is 24.5 Å². The van der Waals surface area contributed by atoms with E-state index in [4.69, 9.17) is 19.9 Å². The van der Waals surface area contributed by atoms with Gasteiger partial charge in [-0.15, -0.1) is 0 Å². The molecule has 0 bridgehead atoms. The highest BCUT2D eigenvalue weighted by molar-refractivity contribution is 6.76. The van der Waals surface area contributed by atoms with Crippen LogP contribution in [-0.2, 0) is 21.0 Å². The van der Waals surface area contributed by atoms with Crippen LogP contribution in [0.2, 0.25) is 25.7 Å². The molecule has 1 unspecified atom stereocenters. The number of carbonyl (C=O) groups excluding carboxylic acids is 1. The van der Waals surface area contributed by atoms with E-state index in [1.165, 1.54) is 0 Å². The highest BCUT2D eigenvalue weighted by Crippen LogP contribution is 2.33. The maximum Gasteiger partial charge on any atom is 0.306 e. The van der Waals surface area contributed by atoms with E-state index in [9.17, 15) is 4.79 Å². The number of aromatic nitrogens is 2. The third-order valence-electron chi connectivity index (χ3n) is 5.70. The Bertz CT molecular complexity index is 1110. The molecule has 0 saturated carbocycles. The second kappa shape index (κ2) is 11.6. The van der Waals surface area contributed by atoms with Gasteiger partial charge in [0, 0.05) is 33.0 Å². The van der Waals surface area contributed by atoms with Gasteiger partial charge in [-0.25, -0.2) is 4.98 Å². The normalized spacial score (nSPS) is 12.6. The fraction of sp³-hybridized carbons (Fsp3) is 0.462. The highest BCUT2D eigenvalue weighted by atomic mass is 28.3. The van der Waals surface area contributed by atoms with Gasteiger partial charge >= 0.3 is 5.97 Å². The number of pyridine rings is 1. The molecule has 184 valence electrons. The number of hydrogen-bond acceptors (Lipinski definition) is 6. The molecule has 3 aromatic rings. The van der Waals surface area contributed by atoms with E-state index in [-0.39, 0.29) is 18.3 Å². The summed E-state index contributed by atoms with van der Waals surface area (Å²) in [5, 5.41) is 0.962. The summed E-state index contributed by atoms with van der Waals surface area (Å²) < 4.78 is 19.4. The molecule has 2 aromatic heterocycles. The van der Waals surface area contributed by atoms with Crippen LogP contribution in [0.25, 0.3) is 11.0 Å². The van der Waals surface area contributed by atoms with Crippen LogP contribution in [-0.4, -0.2) is 43.4 Å². The zero-order valence-electron chi connectivity index (χ0n) is 21.0. The van der Waals surface area contributed by atoms with Gasteiger partial charge in [0.15, 0.2) is 0 Å². The lowest BCUT2D eigenvalue weighted by Crippen LogP contribution is -2.22. The smallest absolute Gasteiger partial charge is 0.306 e. The van der Waals surface area contributed by atoms with Crippen LogP contribution < -0.4 is 10.5 Å². The van der Waals surface area contributed by atoms with Gasteiger partial charge in [0.2, 0.25) is 0 Å². The van der Waals surface area contributed by atoms with E-state index >= 15 is 0 Å². The molecule has 0 fully saturated rings. The van der Waals surface area contributed by atoms with Crippen LogP contribution in [0.1, 0.15) is 30.4 Å². The minimum atomic E-state index is -1.13. The quantitative estimate of drug-likeness (QED) is 0.209. The first-order chi connectivity index (χ1) is 16.2. The Morgan fingerprint density at radius 1 is 1.24 bits per heavy atom. The Labute approximate surface area is 203 Å². The third kappa shape index (κ3) is 6.91. The van der Waals surface area contributed by atoms with Gasteiger partial charge in [0.1, 0.15) is 23.9 Å². The third-order valence-corrected chi connectivity index (χ3v) is 7.40. The molecule has 2 N–H and O–H groups in total. The second-order valence-electron chi connectivity index (χ2n) is 9.75. The standard InChI is InChI=1S/C26H37N3O4Si/c1-6-32-24(30)15-21(16-27)20-8-7-9-22(14-20)33-23-10-11-28-26-25(23)19(2)17-29(26)18-31-12-13-34(3,4)5/h7-11,14,17,21H,6,12-13,15-16,18,27H2,1-5H3. The molecule has 3 rings (SSSR count). The van der Waals surface area contributed by atoms with Crippen molar-refractivity contribution in [2.75, 3.05) is 19.8 Å². The van der Waals surface area contributed by atoms with Gasteiger partial charge in [0.05, 0.1) is 18.4 Å². The molecule has 0 aliphatic rings. The molecule has 0 radical (unpaired) electrons. The van der Waals surface area contributed by atoms with Crippen molar-refractivity contribution in [3.63, 3.8) is 0 Å². The van der Waals surface area contributed by atoms with Crippen molar-refractivity contribution in [1.29, 1.82) is 0 Å². The summed E-state index contributed by atoms with van der Waals surface area (Å²) in [5.74, 6) is 1.04. The van der Waals surface area contributed by atoms with Crippen molar-refractivity contribution in [3.8, 4) is 11.5 Å². The summed E-state index contributed by atoms with van der Waals surface area (Å²) in [4.78, 5) is 16.5. The van der Waals surface area contributed by atoms with Crippen molar-refractivity contribution < 1.29 is 19.0 Å². The van der Waals surface area contributed by atoms with Crippen LogP contribution in [0.4, 0.5) is 0 Å². The predicted molar refractivity (Wildman–Crippen MR) is 138 cm³/mol. The molecule has 2 heterocycles.